The fourth-order valence-electron chi connectivity index (χ4n) is 2.35. The van der Waals surface area contributed by atoms with Crippen LogP contribution in [0.15, 0.2) is 30.3 Å². The van der Waals surface area contributed by atoms with Crippen molar-refractivity contribution in [3.8, 4) is 0 Å². The topological polar surface area (TPSA) is 41.1 Å². The molecule has 98 valence electrons. The number of nitrogens with one attached hydrogen (secondary N) is 2. The first-order chi connectivity index (χ1) is 8.86. The van der Waals surface area contributed by atoms with E-state index in [0.29, 0.717) is 0 Å². The predicted molar refractivity (Wildman–Crippen MR) is 73.4 cm³/mol. The molecule has 1 atom stereocenters. The summed E-state index contributed by atoms with van der Waals surface area (Å²) >= 11 is 0. The van der Waals surface area contributed by atoms with E-state index in [-0.39, 0.29) is 11.9 Å². The van der Waals surface area contributed by atoms with Crippen LogP contribution in [-0.4, -0.2) is 25.0 Å². The van der Waals surface area contributed by atoms with Crippen molar-refractivity contribution in [2.75, 3.05) is 13.1 Å². The smallest absolute Gasteiger partial charge is 0.237 e. The Hall–Kier alpha value is -1.35. The Labute approximate surface area is 109 Å². The van der Waals surface area contributed by atoms with Crippen LogP contribution in [0.1, 0.15) is 31.2 Å². The Morgan fingerprint density at radius 2 is 2.11 bits per heavy atom. The summed E-state index contributed by atoms with van der Waals surface area (Å²) in [6.07, 6.45) is 5.36. The molecule has 1 fully saturated rings. The average molecular weight is 246 g/mol. The molecule has 0 spiro atoms. The lowest BCUT2D eigenvalue weighted by Crippen LogP contribution is -2.46. The third kappa shape index (κ3) is 4.15. The minimum Gasteiger partial charge on any atom is -0.355 e. The van der Waals surface area contributed by atoms with Crippen LogP contribution in [0.25, 0.3) is 0 Å². The van der Waals surface area contributed by atoms with Gasteiger partial charge in [0, 0.05) is 6.54 Å². The predicted octanol–water partition coefficient (Wildman–Crippen LogP) is 1.88. The van der Waals surface area contributed by atoms with Gasteiger partial charge in [-0.3, -0.25) is 4.79 Å². The molecule has 0 saturated carbocycles. The Morgan fingerprint density at radius 3 is 2.83 bits per heavy atom. The van der Waals surface area contributed by atoms with E-state index in [9.17, 15) is 4.79 Å². The Bertz CT molecular complexity index is 358. The highest BCUT2D eigenvalue weighted by molar-refractivity contribution is 5.81. The SMILES string of the molecule is O=C(NCCCc1ccccc1)[C@H]1CCCCN1. The van der Waals surface area contributed by atoms with E-state index < -0.39 is 0 Å². The summed E-state index contributed by atoms with van der Waals surface area (Å²) in [5, 5.41) is 6.29. The second kappa shape index (κ2) is 7.17. The van der Waals surface area contributed by atoms with Gasteiger partial charge in [0.15, 0.2) is 0 Å². The van der Waals surface area contributed by atoms with Gasteiger partial charge in [-0.25, -0.2) is 0 Å². The fraction of sp³-hybridized carbons (Fsp3) is 0.533. The van der Waals surface area contributed by atoms with Crippen LogP contribution in [0, 0.1) is 0 Å². The van der Waals surface area contributed by atoms with Crippen LogP contribution in [0.2, 0.25) is 0 Å². The van der Waals surface area contributed by atoms with Gasteiger partial charge >= 0.3 is 0 Å². The number of rotatable bonds is 5. The van der Waals surface area contributed by atoms with Crippen molar-refractivity contribution in [2.24, 2.45) is 0 Å². The van der Waals surface area contributed by atoms with Crippen LogP contribution in [0.3, 0.4) is 0 Å². The first-order valence-corrected chi connectivity index (χ1v) is 6.91. The lowest BCUT2D eigenvalue weighted by molar-refractivity contribution is -0.123. The highest BCUT2D eigenvalue weighted by atomic mass is 16.2. The minimum atomic E-state index is 0.0375. The molecule has 2 rings (SSSR count). The van der Waals surface area contributed by atoms with Crippen LogP contribution in [-0.2, 0) is 11.2 Å². The number of hydrogen-bond acceptors (Lipinski definition) is 2. The monoisotopic (exact) mass is 246 g/mol. The standard InChI is InChI=1S/C15H22N2O/c18-15(14-10-4-5-11-16-14)17-12-6-9-13-7-2-1-3-8-13/h1-3,7-8,14,16H,4-6,9-12H2,(H,17,18)/t14-/m1/s1. The molecule has 1 aromatic rings. The van der Waals surface area contributed by atoms with E-state index in [1.165, 1.54) is 12.0 Å². The van der Waals surface area contributed by atoms with E-state index in [4.69, 9.17) is 0 Å². The van der Waals surface area contributed by atoms with Crippen molar-refractivity contribution >= 4 is 5.91 Å². The molecule has 0 unspecified atom stereocenters. The summed E-state index contributed by atoms with van der Waals surface area (Å²) in [6.45, 7) is 1.74. The highest BCUT2D eigenvalue weighted by Crippen LogP contribution is 2.07. The van der Waals surface area contributed by atoms with Gasteiger partial charge in [0.25, 0.3) is 0 Å². The Morgan fingerprint density at radius 1 is 1.28 bits per heavy atom. The van der Waals surface area contributed by atoms with Crippen molar-refractivity contribution in [1.29, 1.82) is 0 Å². The zero-order chi connectivity index (χ0) is 12.6. The van der Waals surface area contributed by atoms with Gasteiger partial charge in [-0.2, -0.15) is 0 Å². The molecule has 1 amide bonds. The summed E-state index contributed by atoms with van der Waals surface area (Å²) in [5.74, 6) is 0.169. The number of benzene rings is 1. The number of aryl methyl sites for hydroxylation is 1. The summed E-state index contributed by atoms with van der Waals surface area (Å²) in [4.78, 5) is 11.8. The third-order valence-corrected chi connectivity index (χ3v) is 3.41. The van der Waals surface area contributed by atoms with Gasteiger partial charge in [0.05, 0.1) is 6.04 Å². The summed E-state index contributed by atoms with van der Waals surface area (Å²) in [6, 6.07) is 10.4. The van der Waals surface area contributed by atoms with Gasteiger partial charge in [-0.1, -0.05) is 36.8 Å². The van der Waals surface area contributed by atoms with E-state index in [1.54, 1.807) is 0 Å². The average Bonchev–Trinajstić information content (AvgIpc) is 2.45. The number of amides is 1. The second-order valence-electron chi connectivity index (χ2n) is 4.88. The van der Waals surface area contributed by atoms with E-state index >= 15 is 0 Å². The largest absolute Gasteiger partial charge is 0.355 e. The van der Waals surface area contributed by atoms with E-state index in [2.05, 4.69) is 34.9 Å². The molecule has 1 heterocycles. The minimum absolute atomic E-state index is 0.0375. The molecule has 1 saturated heterocycles. The lowest BCUT2D eigenvalue weighted by atomic mass is 10.0. The second-order valence-corrected chi connectivity index (χ2v) is 4.88. The molecule has 0 radical (unpaired) electrons. The van der Waals surface area contributed by atoms with Crippen LogP contribution < -0.4 is 10.6 Å². The first kappa shape index (κ1) is 13.1. The zero-order valence-corrected chi connectivity index (χ0v) is 10.8. The zero-order valence-electron chi connectivity index (χ0n) is 10.8. The third-order valence-electron chi connectivity index (χ3n) is 3.41. The van der Waals surface area contributed by atoms with Gasteiger partial charge in [0.1, 0.15) is 0 Å². The first-order valence-electron chi connectivity index (χ1n) is 6.91. The van der Waals surface area contributed by atoms with Crippen molar-refractivity contribution in [1.82, 2.24) is 10.6 Å². The normalized spacial score (nSPS) is 19.4. The van der Waals surface area contributed by atoms with Crippen LogP contribution in [0.5, 0.6) is 0 Å². The van der Waals surface area contributed by atoms with Crippen molar-refractivity contribution in [3.05, 3.63) is 35.9 Å². The molecule has 1 aromatic carbocycles. The molecule has 0 aliphatic carbocycles. The number of piperidine rings is 1. The maximum Gasteiger partial charge on any atom is 0.237 e. The molecule has 2 N–H and O–H groups in total. The number of carbonyl (C=O) groups is 1. The molecule has 3 heteroatoms. The van der Waals surface area contributed by atoms with Crippen LogP contribution in [0.4, 0.5) is 0 Å². The van der Waals surface area contributed by atoms with E-state index in [1.807, 2.05) is 6.07 Å². The fourth-order valence-corrected chi connectivity index (χ4v) is 2.35. The van der Waals surface area contributed by atoms with Crippen molar-refractivity contribution in [2.45, 2.75) is 38.1 Å². The van der Waals surface area contributed by atoms with Crippen molar-refractivity contribution < 1.29 is 4.79 Å². The molecule has 1 aliphatic rings. The molecular formula is C15H22N2O. The molecule has 1 aliphatic heterocycles. The highest BCUT2D eigenvalue weighted by Gasteiger charge is 2.19. The van der Waals surface area contributed by atoms with E-state index in [0.717, 1.165) is 38.8 Å². The molecule has 0 aromatic heterocycles. The van der Waals surface area contributed by atoms with Gasteiger partial charge in [-0.15, -0.1) is 0 Å². The Balaban J connectivity index is 1.61. The molecule has 0 bridgehead atoms. The summed E-state index contributed by atoms with van der Waals surface area (Å²) in [7, 11) is 0. The maximum absolute atomic E-state index is 11.8. The van der Waals surface area contributed by atoms with Gasteiger partial charge < -0.3 is 10.6 Å². The Kier molecular flexibility index (Phi) is 5.21. The molecule has 3 nitrogen and oxygen atoms in total. The maximum atomic E-state index is 11.8. The summed E-state index contributed by atoms with van der Waals surface area (Å²) in [5.41, 5.74) is 1.34. The van der Waals surface area contributed by atoms with Crippen molar-refractivity contribution in [3.63, 3.8) is 0 Å². The number of carbonyl (C=O) groups excluding carboxylic acids is 1. The lowest BCUT2D eigenvalue weighted by Gasteiger charge is -2.22. The van der Waals surface area contributed by atoms with Crippen LogP contribution >= 0.6 is 0 Å². The molecule has 18 heavy (non-hydrogen) atoms. The number of hydrogen-bond donors (Lipinski definition) is 2. The summed E-state index contributed by atoms with van der Waals surface area (Å²) < 4.78 is 0. The quantitative estimate of drug-likeness (QED) is 0.779. The molecular weight excluding hydrogens is 224 g/mol. The van der Waals surface area contributed by atoms with Gasteiger partial charge in [0.2, 0.25) is 5.91 Å². The van der Waals surface area contributed by atoms with Gasteiger partial charge in [-0.05, 0) is 37.8 Å².